The van der Waals surface area contributed by atoms with Crippen LogP contribution in [0.5, 0.6) is 0 Å². The number of rotatable bonds is 10. The lowest BCUT2D eigenvalue weighted by molar-refractivity contribution is -0.143. The Morgan fingerprint density at radius 2 is 2.13 bits per heavy atom. The van der Waals surface area contributed by atoms with Crippen molar-refractivity contribution in [1.29, 1.82) is 0 Å². The van der Waals surface area contributed by atoms with Gasteiger partial charge in [0.1, 0.15) is 12.1 Å². The van der Waals surface area contributed by atoms with Gasteiger partial charge in [-0.25, -0.2) is 4.79 Å². The second kappa shape index (κ2) is 10.0. The first-order valence-corrected chi connectivity index (χ1v) is 8.42. The summed E-state index contributed by atoms with van der Waals surface area (Å²) in [5, 5.41) is 12.0. The predicted octanol–water partition coefficient (Wildman–Crippen LogP) is 1.95. The third-order valence-corrected chi connectivity index (χ3v) is 4.24. The lowest BCUT2D eigenvalue weighted by atomic mass is 10.00. The second-order valence-electron chi connectivity index (χ2n) is 6.11. The fraction of sp³-hybridized carbons (Fsp3) is 0.706. The zero-order valence-electron chi connectivity index (χ0n) is 14.0. The van der Waals surface area contributed by atoms with E-state index in [0.717, 1.165) is 32.1 Å². The number of likely N-dealkylation sites (tertiary alicyclic amines) is 1. The molecule has 1 aliphatic rings. The number of amides is 2. The first-order chi connectivity index (χ1) is 11.0. The number of hydrogen-bond acceptors (Lipinski definition) is 3. The molecule has 1 fully saturated rings. The van der Waals surface area contributed by atoms with Crippen LogP contribution in [0.1, 0.15) is 52.4 Å². The summed E-state index contributed by atoms with van der Waals surface area (Å²) >= 11 is 0. The van der Waals surface area contributed by atoms with Gasteiger partial charge in [0, 0.05) is 12.5 Å². The first kappa shape index (κ1) is 19.2. The monoisotopic (exact) mass is 324 g/mol. The number of carbonyl (C=O) groups excluding carboxylic acids is 2. The number of carbonyl (C=O) groups is 3. The Kier molecular flexibility index (Phi) is 8.37. The van der Waals surface area contributed by atoms with E-state index in [0.29, 0.717) is 19.4 Å². The molecule has 0 aromatic carbocycles. The van der Waals surface area contributed by atoms with E-state index in [1.807, 2.05) is 12.2 Å². The highest BCUT2D eigenvalue weighted by atomic mass is 16.4. The molecule has 1 heterocycles. The zero-order chi connectivity index (χ0) is 17.2. The second-order valence-corrected chi connectivity index (χ2v) is 6.11. The van der Waals surface area contributed by atoms with E-state index in [2.05, 4.69) is 12.2 Å². The highest BCUT2D eigenvalue weighted by Crippen LogP contribution is 2.16. The maximum absolute atomic E-state index is 12.2. The highest BCUT2D eigenvalue weighted by molar-refractivity contribution is 5.88. The molecule has 23 heavy (non-hydrogen) atoms. The van der Waals surface area contributed by atoms with Gasteiger partial charge in [-0.1, -0.05) is 38.8 Å². The van der Waals surface area contributed by atoms with Crippen molar-refractivity contribution in [2.24, 2.45) is 5.92 Å². The van der Waals surface area contributed by atoms with Gasteiger partial charge < -0.3 is 15.3 Å². The van der Waals surface area contributed by atoms with Crippen molar-refractivity contribution in [3.8, 4) is 0 Å². The number of nitrogens with one attached hydrogen (secondary N) is 1. The summed E-state index contributed by atoms with van der Waals surface area (Å²) in [6.45, 7) is 4.46. The predicted molar refractivity (Wildman–Crippen MR) is 87.8 cm³/mol. The van der Waals surface area contributed by atoms with Gasteiger partial charge in [-0.3, -0.25) is 9.59 Å². The Morgan fingerprint density at radius 3 is 2.74 bits per heavy atom. The van der Waals surface area contributed by atoms with Gasteiger partial charge in [0.15, 0.2) is 0 Å². The molecule has 0 radical (unpaired) electrons. The number of carboxylic acids is 1. The first-order valence-electron chi connectivity index (χ1n) is 8.42. The standard InChI is InChI=1S/C17H28N2O4/c1-3-4-5-6-7-9-13(2)15(17(22)23)18-16(21)14-10-8-11-19(14)12-20/h7,9,12-15H,3-6,8,10-11H2,1-2H3,(H,18,21)(H,22,23)/b9-7-/t13?,14-,15?/m0/s1. The number of carboxylic acid groups (broad SMARTS) is 1. The summed E-state index contributed by atoms with van der Waals surface area (Å²) in [5.74, 6) is -1.74. The summed E-state index contributed by atoms with van der Waals surface area (Å²) in [6.07, 6.45) is 10.1. The summed E-state index contributed by atoms with van der Waals surface area (Å²) in [7, 11) is 0. The van der Waals surface area contributed by atoms with E-state index in [4.69, 9.17) is 0 Å². The van der Waals surface area contributed by atoms with Crippen LogP contribution in [0.25, 0.3) is 0 Å². The van der Waals surface area contributed by atoms with Crippen molar-refractivity contribution in [1.82, 2.24) is 10.2 Å². The average molecular weight is 324 g/mol. The van der Waals surface area contributed by atoms with Gasteiger partial charge in [0.2, 0.25) is 12.3 Å². The molecule has 1 saturated heterocycles. The van der Waals surface area contributed by atoms with Crippen molar-refractivity contribution in [2.45, 2.75) is 64.5 Å². The molecule has 0 bridgehead atoms. The van der Waals surface area contributed by atoms with Gasteiger partial charge in [-0.2, -0.15) is 0 Å². The van der Waals surface area contributed by atoms with E-state index in [1.165, 1.54) is 4.90 Å². The lowest BCUT2D eigenvalue weighted by Crippen LogP contribution is -2.51. The van der Waals surface area contributed by atoms with Crippen LogP contribution in [0, 0.1) is 5.92 Å². The van der Waals surface area contributed by atoms with Crippen LogP contribution < -0.4 is 5.32 Å². The number of nitrogens with zero attached hydrogens (tertiary/aromatic N) is 1. The molecule has 0 aromatic rings. The fourth-order valence-corrected chi connectivity index (χ4v) is 2.80. The summed E-state index contributed by atoms with van der Waals surface area (Å²) in [6, 6.07) is -1.52. The molecule has 2 amide bonds. The van der Waals surface area contributed by atoms with Gasteiger partial charge >= 0.3 is 5.97 Å². The molecule has 1 aliphatic heterocycles. The Balaban J connectivity index is 2.58. The van der Waals surface area contributed by atoms with E-state index in [1.54, 1.807) is 6.92 Å². The van der Waals surface area contributed by atoms with E-state index in [9.17, 15) is 19.5 Å². The number of unbranched alkanes of at least 4 members (excludes halogenated alkanes) is 3. The van der Waals surface area contributed by atoms with E-state index in [-0.39, 0.29) is 11.8 Å². The van der Waals surface area contributed by atoms with Crippen LogP contribution in [0.15, 0.2) is 12.2 Å². The van der Waals surface area contributed by atoms with Gasteiger partial charge in [-0.05, 0) is 25.7 Å². The molecular weight excluding hydrogens is 296 g/mol. The minimum Gasteiger partial charge on any atom is -0.480 e. The van der Waals surface area contributed by atoms with Crippen LogP contribution in [-0.4, -0.2) is 46.9 Å². The highest BCUT2D eigenvalue weighted by Gasteiger charge is 2.33. The van der Waals surface area contributed by atoms with Crippen LogP contribution in [0.3, 0.4) is 0 Å². The molecule has 0 aliphatic carbocycles. The summed E-state index contributed by atoms with van der Waals surface area (Å²) in [4.78, 5) is 36.0. The quantitative estimate of drug-likeness (QED) is 0.365. The molecule has 6 nitrogen and oxygen atoms in total. The Hall–Kier alpha value is -1.85. The normalized spacial score (nSPS) is 20.4. The summed E-state index contributed by atoms with van der Waals surface area (Å²) in [5.41, 5.74) is 0. The van der Waals surface area contributed by atoms with E-state index >= 15 is 0 Å². The zero-order valence-corrected chi connectivity index (χ0v) is 14.0. The Bertz CT molecular complexity index is 436. The van der Waals surface area contributed by atoms with E-state index < -0.39 is 18.1 Å². The topological polar surface area (TPSA) is 86.7 Å². The molecule has 130 valence electrons. The Morgan fingerprint density at radius 1 is 1.39 bits per heavy atom. The number of allylic oxidation sites excluding steroid dienone is 1. The maximum Gasteiger partial charge on any atom is 0.326 e. The lowest BCUT2D eigenvalue weighted by Gasteiger charge is -2.24. The molecule has 2 unspecified atom stereocenters. The minimum absolute atomic E-state index is 0.302. The maximum atomic E-state index is 12.2. The van der Waals surface area contributed by atoms with Gasteiger partial charge in [-0.15, -0.1) is 0 Å². The number of aliphatic carboxylic acids is 1. The molecule has 0 aromatic heterocycles. The van der Waals surface area contributed by atoms with Crippen molar-refractivity contribution in [2.75, 3.05) is 6.54 Å². The molecule has 6 heteroatoms. The summed E-state index contributed by atoms with van der Waals surface area (Å²) < 4.78 is 0. The van der Waals surface area contributed by atoms with Crippen LogP contribution in [-0.2, 0) is 14.4 Å². The number of hydrogen-bond donors (Lipinski definition) is 2. The van der Waals surface area contributed by atoms with Crippen LogP contribution >= 0.6 is 0 Å². The minimum atomic E-state index is -1.06. The van der Waals surface area contributed by atoms with Crippen molar-refractivity contribution in [3.63, 3.8) is 0 Å². The van der Waals surface area contributed by atoms with Crippen molar-refractivity contribution in [3.05, 3.63) is 12.2 Å². The fourth-order valence-electron chi connectivity index (χ4n) is 2.80. The van der Waals surface area contributed by atoms with Crippen molar-refractivity contribution >= 4 is 18.3 Å². The van der Waals surface area contributed by atoms with Crippen LogP contribution in [0.2, 0.25) is 0 Å². The molecular formula is C17H28N2O4. The third-order valence-electron chi connectivity index (χ3n) is 4.24. The molecule has 3 atom stereocenters. The molecule has 2 N–H and O–H groups in total. The largest absolute Gasteiger partial charge is 0.480 e. The van der Waals surface area contributed by atoms with Crippen LogP contribution in [0.4, 0.5) is 0 Å². The third kappa shape index (κ3) is 6.04. The average Bonchev–Trinajstić information content (AvgIpc) is 3.00. The van der Waals surface area contributed by atoms with Gasteiger partial charge in [0.05, 0.1) is 0 Å². The molecule has 1 rings (SSSR count). The Labute approximate surface area is 137 Å². The SMILES string of the molecule is CCCCC/C=C\C(C)C(NC(=O)[C@@H]1CCCN1C=O)C(=O)O. The van der Waals surface area contributed by atoms with Gasteiger partial charge in [0.25, 0.3) is 0 Å². The molecule has 0 saturated carbocycles. The van der Waals surface area contributed by atoms with Crippen molar-refractivity contribution < 1.29 is 19.5 Å². The molecule has 0 spiro atoms. The smallest absolute Gasteiger partial charge is 0.326 e.